The zero-order valence-electron chi connectivity index (χ0n) is 16.6. The van der Waals surface area contributed by atoms with Crippen LogP contribution in [0.1, 0.15) is 28.8 Å². The maximum Gasteiger partial charge on any atom is 0.254 e. The second kappa shape index (κ2) is 9.15. The molecular formula is C21H25ClN2O4S. The second-order valence-electron chi connectivity index (χ2n) is 7.09. The summed E-state index contributed by atoms with van der Waals surface area (Å²) in [7, 11) is -1.91. The van der Waals surface area contributed by atoms with Crippen LogP contribution in [0.3, 0.4) is 0 Å². The molecule has 156 valence electrons. The van der Waals surface area contributed by atoms with Crippen molar-refractivity contribution in [1.29, 1.82) is 0 Å². The van der Waals surface area contributed by atoms with Gasteiger partial charge in [-0.25, -0.2) is 8.42 Å². The van der Waals surface area contributed by atoms with Crippen LogP contribution in [0.5, 0.6) is 5.75 Å². The average molecular weight is 437 g/mol. The predicted octanol–water partition coefficient (Wildman–Crippen LogP) is 3.58. The van der Waals surface area contributed by atoms with Crippen molar-refractivity contribution < 1.29 is 17.9 Å². The van der Waals surface area contributed by atoms with Crippen molar-refractivity contribution in [2.75, 3.05) is 33.3 Å². The summed E-state index contributed by atoms with van der Waals surface area (Å²) in [6, 6.07) is 11.9. The molecule has 0 saturated carbocycles. The maximum absolute atomic E-state index is 12.9. The number of sulfonamides is 1. The number of aryl methyl sites for hydroxylation is 1. The minimum absolute atomic E-state index is 0.161. The van der Waals surface area contributed by atoms with E-state index in [1.165, 1.54) is 15.3 Å². The first-order chi connectivity index (χ1) is 13.8. The summed E-state index contributed by atoms with van der Waals surface area (Å²) in [4.78, 5) is 14.6. The van der Waals surface area contributed by atoms with Crippen molar-refractivity contribution in [3.63, 3.8) is 0 Å². The average Bonchev–Trinajstić information content (AvgIpc) is 3.25. The predicted molar refractivity (Wildman–Crippen MR) is 113 cm³/mol. The first-order valence-corrected chi connectivity index (χ1v) is 11.4. The van der Waals surface area contributed by atoms with E-state index in [1.54, 1.807) is 38.2 Å². The fraction of sp³-hybridized carbons (Fsp3) is 0.381. The Kier molecular flexibility index (Phi) is 6.82. The van der Waals surface area contributed by atoms with Crippen LogP contribution in [0.4, 0.5) is 0 Å². The summed E-state index contributed by atoms with van der Waals surface area (Å²) in [6.45, 7) is 3.47. The number of nitrogens with zero attached hydrogens (tertiary/aromatic N) is 2. The molecule has 0 bridgehead atoms. The largest absolute Gasteiger partial charge is 0.490 e. The van der Waals surface area contributed by atoms with Crippen LogP contribution in [0.25, 0.3) is 0 Å². The van der Waals surface area contributed by atoms with E-state index < -0.39 is 10.0 Å². The number of likely N-dealkylation sites (N-methyl/N-ethyl adjacent to an activating group) is 1. The van der Waals surface area contributed by atoms with Crippen LogP contribution in [-0.2, 0) is 10.0 Å². The summed E-state index contributed by atoms with van der Waals surface area (Å²) >= 11 is 6.07. The molecular weight excluding hydrogens is 412 g/mol. The minimum Gasteiger partial charge on any atom is -0.490 e. The minimum atomic E-state index is -3.57. The summed E-state index contributed by atoms with van der Waals surface area (Å²) in [5, 5.41) is 0.511. The highest BCUT2D eigenvalue weighted by atomic mass is 35.5. The van der Waals surface area contributed by atoms with E-state index in [-0.39, 0.29) is 17.4 Å². The van der Waals surface area contributed by atoms with E-state index in [9.17, 15) is 13.2 Å². The molecule has 2 aromatic carbocycles. The molecule has 0 spiro atoms. The summed E-state index contributed by atoms with van der Waals surface area (Å²) in [5.41, 5.74) is 1.11. The van der Waals surface area contributed by atoms with Crippen molar-refractivity contribution in [3.8, 4) is 5.75 Å². The van der Waals surface area contributed by atoms with E-state index in [4.69, 9.17) is 16.3 Å². The zero-order valence-corrected chi connectivity index (χ0v) is 18.2. The molecule has 0 aliphatic carbocycles. The number of rotatable bonds is 7. The number of carbonyl (C=O) groups excluding carboxylic acids is 1. The quantitative estimate of drug-likeness (QED) is 0.665. The Balaban J connectivity index is 1.70. The van der Waals surface area contributed by atoms with Gasteiger partial charge in [-0.2, -0.15) is 4.31 Å². The molecule has 2 aromatic rings. The van der Waals surface area contributed by atoms with Crippen molar-refractivity contribution in [2.45, 2.75) is 24.7 Å². The van der Waals surface area contributed by atoms with E-state index in [1.807, 2.05) is 12.1 Å². The van der Waals surface area contributed by atoms with Crippen molar-refractivity contribution in [3.05, 3.63) is 58.6 Å². The zero-order chi connectivity index (χ0) is 21.0. The lowest BCUT2D eigenvalue weighted by Crippen LogP contribution is -2.32. The van der Waals surface area contributed by atoms with Crippen molar-refractivity contribution >= 4 is 27.5 Å². The van der Waals surface area contributed by atoms with Gasteiger partial charge >= 0.3 is 0 Å². The SMILES string of the molecule is Cc1ccc(S(=O)(=O)N2CCCC2)cc1C(=O)N(C)CCOc1ccccc1Cl. The Morgan fingerprint density at radius 1 is 1.17 bits per heavy atom. The van der Waals surface area contributed by atoms with Gasteiger partial charge in [-0.05, 0) is 49.6 Å². The van der Waals surface area contributed by atoms with Crippen molar-refractivity contribution in [2.24, 2.45) is 0 Å². The standard InChI is InChI=1S/C21H25ClN2O4S/c1-16-9-10-17(29(26,27)24-11-5-6-12-24)15-18(16)21(25)23(2)13-14-28-20-8-4-3-7-19(20)22/h3-4,7-10,15H,5-6,11-14H2,1-2H3. The highest BCUT2D eigenvalue weighted by Gasteiger charge is 2.28. The maximum atomic E-state index is 12.9. The van der Waals surface area contributed by atoms with Crippen LogP contribution in [0.2, 0.25) is 5.02 Å². The number of para-hydroxylation sites is 1. The fourth-order valence-electron chi connectivity index (χ4n) is 3.23. The van der Waals surface area contributed by atoms with Gasteiger partial charge in [0.15, 0.2) is 0 Å². The number of carbonyl (C=O) groups is 1. The Bertz CT molecular complexity index is 988. The van der Waals surface area contributed by atoms with Gasteiger partial charge in [0.25, 0.3) is 5.91 Å². The Labute approximate surface area is 177 Å². The summed E-state index contributed by atoms with van der Waals surface area (Å²) < 4.78 is 32.8. The molecule has 0 radical (unpaired) electrons. The first kappa shape index (κ1) is 21.6. The topological polar surface area (TPSA) is 66.9 Å². The highest BCUT2D eigenvalue weighted by molar-refractivity contribution is 7.89. The van der Waals surface area contributed by atoms with E-state index in [2.05, 4.69) is 0 Å². The molecule has 1 aliphatic rings. The molecule has 1 aliphatic heterocycles. The summed E-state index contributed by atoms with van der Waals surface area (Å²) in [5.74, 6) is 0.314. The third-order valence-electron chi connectivity index (χ3n) is 5.01. The fourth-order valence-corrected chi connectivity index (χ4v) is 4.97. The Hall–Kier alpha value is -2.09. The number of hydrogen-bond donors (Lipinski definition) is 0. The molecule has 1 fully saturated rings. The van der Waals surface area contributed by atoms with Crippen LogP contribution >= 0.6 is 11.6 Å². The second-order valence-corrected chi connectivity index (χ2v) is 9.44. The van der Waals surface area contributed by atoms with Gasteiger partial charge in [0.05, 0.1) is 16.5 Å². The van der Waals surface area contributed by atoms with Gasteiger partial charge in [0.2, 0.25) is 10.0 Å². The molecule has 0 atom stereocenters. The Morgan fingerprint density at radius 2 is 1.86 bits per heavy atom. The third kappa shape index (κ3) is 4.91. The van der Waals surface area contributed by atoms with E-state index >= 15 is 0 Å². The van der Waals surface area contributed by atoms with Crippen LogP contribution in [0.15, 0.2) is 47.4 Å². The normalized spacial score (nSPS) is 14.7. The molecule has 3 rings (SSSR count). The first-order valence-electron chi connectivity index (χ1n) is 9.54. The molecule has 0 aromatic heterocycles. The van der Waals surface area contributed by atoms with Gasteiger partial charge in [-0.3, -0.25) is 4.79 Å². The van der Waals surface area contributed by atoms with Crippen LogP contribution in [-0.4, -0.2) is 56.8 Å². The smallest absolute Gasteiger partial charge is 0.254 e. The van der Waals surface area contributed by atoms with Crippen LogP contribution in [0, 0.1) is 6.92 Å². The number of ether oxygens (including phenoxy) is 1. The highest BCUT2D eigenvalue weighted by Crippen LogP contribution is 2.24. The molecule has 0 N–H and O–H groups in total. The molecule has 6 nitrogen and oxygen atoms in total. The lowest BCUT2D eigenvalue weighted by Gasteiger charge is -2.20. The third-order valence-corrected chi connectivity index (χ3v) is 7.22. The van der Waals surface area contributed by atoms with E-state index in [0.717, 1.165) is 18.4 Å². The molecule has 29 heavy (non-hydrogen) atoms. The molecule has 1 amide bonds. The van der Waals surface area contributed by atoms with E-state index in [0.29, 0.717) is 36.0 Å². The monoisotopic (exact) mass is 436 g/mol. The van der Waals surface area contributed by atoms with Gasteiger partial charge in [-0.15, -0.1) is 0 Å². The van der Waals surface area contributed by atoms with Crippen molar-refractivity contribution in [1.82, 2.24) is 9.21 Å². The molecule has 1 saturated heterocycles. The number of benzene rings is 2. The van der Waals surface area contributed by atoms with Gasteiger partial charge in [0, 0.05) is 25.7 Å². The number of halogens is 1. The Morgan fingerprint density at radius 3 is 2.55 bits per heavy atom. The van der Waals surface area contributed by atoms with Gasteiger partial charge < -0.3 is 9.64 Å². The number of amides is 1. The van der Waals surface area contributed by atoms with Gasteiger partial charge in [0.1, 0.15) is 12.4 Å². The van der Waals surface area contributed by atoms with Gasteiger partial charge in [-0.1, -0.05) is 29.8 Å². The molecule has 0 unspecified atom stereocenters. The lowest BCUT2D eigenvalue weighted by atomic mass is 10.1. The van der Waals surface area contributed by atoms with Crippen LogP contribution < -0.4 is 4.74 Å². The molecule has 1 heterocycles. The lowest BCUT2D eigenvalue weighted by molar-refractivity contribution is 0.0773. The summed E-state index contributed by atoms with van der Waals surface area (Å²) in [6.07, 6.45) is 1.73. The number of hydrogen-bond acceptors (Lipinski definition) is 4. The molecule has 8 heteroatoms.